The van der Waals surface area contributed by atoms with Gasteiger partial charge in [-0.1, -0.05) is 37.3 Å². The fraction of sp³-hybridized carbons (Fsp3) is 0.333. The molecule has 1 amide bonds. The molecule has 0 aliphatic carbocycles. The summed E-state index contributed by atoms with van der Waals surface area (Å²) in [6.45, 7) is 5.76. The van der Waals surface area contributed by atoms with Crippen molar-refractivity contribution < 1.29 is 14.7 Å². The van der Waals surface area contributed by atoms with Gasteiger partial charge < -0.3 is 10.4 Å². The van der Waals surface area contributed by atoms with Crippen LogP contribution in [0.15, 0.2) is 35.7 Å². The van der Waals surface area contributed by atoms with E-state index in [1.165, 1.54) is 11.3 Å². The van der Waals surface area contributed by atoms with Gasteiger partial charge >= 0.3 is 5.97 Å². The number of hydrogen-bond acceptors (Lipinski definition) is 3. The van der Waals surface area contributed by atoms with Gasteiger partial charge in [0.1, 0.15) is 5.41 Å². The second kappa shape index (κ2) is 6.96. The Morgan fingerprint density at radius 1 is 1.22 bits per heavy atom. The van der Waals surface area contributed by atoms with E-state index in [9.17, 15) is 14.7 Å². The normalized spacial score (nSPS) is 13.3. The lowest BCUT2D eigenvalue weighted by molar-refractivity contribution is -0.143. The minimum atomic E-state index is -1.12. The molecule has 0 saturated carbocycles. The van der Waals surface area contributed by atoms with Crippen LogP contribution in [0.5, 0.6) is 0 Å². The van der Waals surface area contributed by atoms with Crippen LogP contribution in [-0.2, 0) is 10.2 Å². The molecule has 0 spiro atoms. The summed E-state index contributed by atoms with van der Waals surface area (Å²) >= 11 is 1.52. The van der Waals surface area contributed by atoms with Gasteiger partial charge in [-0.3, -0.25) is 9.59 Å². The third-order valence-electron chi connectivity index (χ3n) is 4.42. The molecule has 1 aromatic carbocycles. The Bertz CT molecular complexity index is 708. The van der Waals surface area contributed by atoms with Gasteiger partial charge in [0, 0.05) is 16.8 Å². The van der Waals surface area contributed by atoms with Gasteiger partial charge in [0.25, 0.3) is 5.91 Å². The summed E-state index contributed by atoms with van der Waals surface area (Å²) in [5, 5.41) is 14.4. The Morgan fingerprint density at radius 3 is 2.35 bits per heavy atom. The maximum atomic E-state index is 12.4. The largest absolute Gasteiger partial charge is 0.481 e. The molecule has 0 fully saturated rings. The van der Waals surface area contributed by atoms with Gasteiger partial charge in [0.2, 0.25) is 0 Å². The van der Waals surface area contributed by atoms with E-state index in [2.05, 4.69) is 5.32 Å². The van der Waals surface area contributed by atoms with Crippen LogP contribution in [0.25, 0.3) is 0 Å². The number of rotatable bonds is 6. The molecule has 0 bridgehead atoms. The van der Waals surface area contributed by atoms with Crippen LogP contribution < -0.4 is 5.32 Å². The molecule has 0 aliphatic rings. The van der Waals surface area contributed by atoms with Crippen molar-refractivity contribution in [3.63, 3.8) is 0 Å². The molecule has 0 saturated heterocycles. The lowest BCUT2D eigenvalue weighted by Gasteiger charge is -2.29. The van der Waals surface area contributed by atoms with Crippen LogP contribution >= 0.6 is 11.3 Å². The molecular formula is C18H21NO3S. The first-order valence-corrected chi connectivity index (χ1v) is 8.42. The molecule has 0 aliphatic heterocycles. The van der Waals surface area contributed by atoms with Gasteiger partial charge in [-0.15, -0.1) is 11.3 Å². The van der Waals surface area contributed by atoms with Gasteiger partial charge in [-0.05, 0) is 31.4 Å². The SMILES string of the molecule is CCC(CNC(=O)c1csc(C)c1C)(C(=O)O)c1ccccc1. The molecule has 2 aromatic rings. The van der Waals surface area contributed by atoms with Crippen molar-refractivity contribution in [2.75, 3.05) is 6.54 Å². The zero-order chi connectivity index (χ0) is 17.0. The smallest absolute Gasteiger partial charge is 0.315 e. The van der Waals surface area contributed by atoms with Crippen LogP contribution in [0.1, 0.15) is 39.7 Å². The van der Waals surface area contributed by atoms with Crippen molar-refractivity contribution in [3.05, 3.63) is 57.3 Å². The quantitative estimate of drug-likeness (QED) is 0.851. The Kier molecular flexibility index (Phi) is 5.21. The molecule has 1 aromatic heterocycles. The summed E-state index contributed by atoms with van der Waals surface area (Å²) in [5.74, 6) is -1.15. The predicted octanol–water partition coefficient (Wildman–Crippen LogP) is 3.53. The number of aliphatic carboxylic acids is 1. The number of carbonyl (C=O) groups excluding carboxylic acids is 1. The Hall–Kier alpha value is -2.14. The van der Waals surface area contributed by atoms with E-state index in [4.69, 9.17) is 0 Å². The summed E-state index contributed by atoms with van der Waals surface area (Å²) in [4.78, 5) is 25.4. The maximum absolute atomic E-state index is 12.4. The topological polar surface area (TPSA) is 66.4 Å². The van der Waals surface area contributed by atoms with Crippen LogP contribution in [0.4, 0.5) is 0 Å². The zero-order valence-corrected chi connectivity index (χ0v) is 14.4. The molecular weight excluding hydrogens is 310 g/mol. The number of benzene rings is 1. The number of carboxylic acid groups (broad SMARTS) is 1. The van der Waals surface area contributed by atoms with E-state index in [0.29, 0.717) is 17.5 Å². The number of nitrogens with one attached hydrogen (secondary N) is 1. The molecule has 1 unspecified atom stereocenters. The van der Waals surface area contributed by atoms with Crippen molar-refractivity contribution in [2.45, 2.75) is 32.6 Å². The third-order valence-corrected chi connectivity index (χ3v) is 5.43. The summed E-state index contributed by atoms with van der Waals surface area (Å²) in [7, 11) is 0. The highest BCUT2D eigenvalue weighted by molar-refractivity contribution is 7.10. The molecule has 1 atom stereocenters. The second-order valence-electron chi connectivity index (χ2n) is 5.62. The first-order valence-electron chi connectivity index (χ1n) is 7.54. The Balaban J connectivity index is 2.24. The molecule has 2 rings (SSSR count). The van der Waals surface area contributed by atoms with Gasteiger partial charge in [0.15, 0.2) is 0 Å². The van der Waals surface area contributed by atoms with Crippen LogP contribution in [0.2, 0.25) is 0 Å². The van der Waals surface area contributed by atoms with Crippen molar-refractivity contribution in [1.29, 1.82) is 0 Å². The van der Waals surface area contributed by atoms with E-state index < -0.39 is 11.4 Å². The first kappa shape index (κ1) is 17.2. The standard InChI is InChI=1S/C18H21NO3S/c1-4-18(17(21)22,14-8-6-5-7-9-14)11-19-16(20)15-10-23-13(3)12(15)2/h5-10H,4,11H2,1-3H3,(H,19,20)(H,21,22). The zero-order valence-electron chi connectivity index (χ0n) is 13.6. The number of aryl methyl sites for hydroxylation is 1. The van der Waals surface area contributed by atoms with Crippen LogP contribution in [0, 0.1) is 13.8 Å². The number of thiophene rings is 1. The van der Waals surface area contributed by atoms with E-state index in [1.54, 1.807) is 12.1 Å². The van der Waals surface area contributed by atoms with Crippen molar-refractivity contribution in [3.8, 4) is 0 Å². The minimum absolute atomic E-state index is 0.0655. The van der Waals surface area contributed by atoms with E-state index in [0.717, 1.165) is 10.4 Å². The van der Waals surface area contributed by atoms with E-state index >= 15 is 0 Å². The lowest BCUT2D eigenvalue weighted by atomic mass is 9.78. The van der Waals surface area contributed by atoms with Crippen molar-refractivity contribution in [2.24, 2.45) is 0 Å². The Labute approximate surface area is 140 Å². The second-order valence-corrected chi connectivity index (χ2v) is 6.70. The predicted molar refractivity (Wildman–Crippen MR) is 92.2 cm³/mol. The molecule has 1 heterocycles. The minimum Gasteiger partial charge on any atom is -0.481 e. The highest BCUT2D eigenvalue weighted by Crippen LogP contribution is 2.28. The number of hydrogen-bond donors (Lipinski definition) is 2. The highest BCUT2D eigenvalue weighted by Gasteiger charge is 2.39. The molecule has 23 heavy (non-hydrogen) atoms. The number of carbonyl (C=O) groups is 2. The highest BCUT2D eigenvalue weighted by atomic mass is 32.1. The average Bonchev–Trinajstić information content (AvgIpc) is 2.88. The van der Waals surface area contributed by atoms with Crippen LogP contribution in [-0.4, -0.2) is 23.5 Å². The van der Waals surface area contributed by atoms with Crippen molar-refractivity contribution in [1.82, 2.24) is 5.32 Å². The average molecular weight is 331 g/mol. The monoisotopic (exact) mass is 331 g/mol. The Morgan fingerprint density at radius 2 is 1.87 bits per heavy atom. The van der Waals surface area contributed by atoms with Gasteiger partial charge in [0.05, 0.1) is 5.56 Å². The lowest BCUT2D eigenvalue weighted by Crippen LogP contribution is -2.46. The molecule has 122 valence electrons. The molecule has 5 heteroatoms. The fourth-order valence-electron chi connectivity index (χ4n) is 2.60. The summed E-state index contributed by atoms with van der Waals surface area (Å²) in [6.07, 6.45) is 0.397. The molecule has 2 N–H and O–H groups in total. The molecule has 4 nitrogen and oxygen atoms in total. The third kappa shape index (κ3) is 3.29. The maximum Gasteiger partial charge on any atom is 0.315 e. The number of amides is 1. The van der Waals surface area contributed by atoms with E-state index in [-0.39, 0.29) is 12.5 Å². The first-order chi connectivity index (χ1) is 10.9. The summed E-state index contributed by atoms with van der Waals surface area (Å²) in [5.41, 5.74) is 1.16. The number of carboxylic acids is 1. The van der Waals surface area contributed by atoms with Gasteiger partial charge in [-0.2, -0.15) is 0 Å². The van der Waals surface area contributed by atoms with Gasteiger partial charge in [-0.25, -0.2) is 0 Å². The summed E-state index contributed by atoms with van der Waals surface area (Å²) < 4.78 is 0. The molecule has 0 radical (unpaired) electrons. The fourth-order valence-corrected chi connectivity index (χ4v) is 3.47. The van der Waals surface area contributed by atoms with Crippen LogP contribution in [0.3, 0.4) is 0 Å². The van der Waals surface area contributed by atoms with Crippen molar-refractivity contribution >= 4 is 23.2 Å². The summed E-state index contributed by atoms with van der Waals surface area (Å²) in [6, 6.07) is 9.07. The van der Waals surface area contributed by atoms with E-state index in [1.807, 2.05) is 44.4 Å².